The van der Waals surface area contributed by atoms with Gasteiger partial charge in [-0.1, -0.05) is 35.9 Å². The summed E-state index contributed by atoms with van der Waals surface area (Å²) in [6, 6.07) is 12.0. The number of rotatable bonds is 5. The Bertz CT molecular complexity index is 1230. The van der Waals surface area contributed by atoms with Gasteiger partial charge in [-0.2, -0.15) is 0 Å². The van der Waals surface area contributed by atoms with E-state index >= 15 is 0 Å². The summed E-state index contributed by atoms with van der Waals surface area (Å²) >= 11 is 6.61. The van der Waals surface area contributed by atoms with Crippen molar-refractivity contribution in [3.63, 3.8) is 0 Å². The molecule has 0 aliphatic carbocycles. The largest absolute Gasteiger partial charge is 0.363 e. The SMILES string of the molecule is CCN1c2cc(Cl)c(/C=C3/NC(=O)N(CC(=O)Nc4ccccc4)C3=O)cc2C(C)=CC1(C)C. The molecule has 0 spiro atoms. The Morgan fingerprint density at radius 1 is 1.18 bits per heavy atom. The summed E-state index contributed by atoms with van der Waals surface area (Å²) < 4.78 is 0. The van der Waals surface area contributed by atoms with Gasteiger partial charge in [-0.05, 0) is 69.2 Å². The number of hydrogen-bond acceptors (Lipinski definition) is 4. The Balaban J connectivity index is 1.58. The molecule has 7 nitrogen and oxygen atoms in total. The summed E-state index contributed by atoms with van der Waals surface area (Å²) in [7, 11) is 0. The molecule has 2 heterocycles. The number of imide groups is 1. The number of para-hydroxylation sites is 1. The summed E-state index contributed by atoms with van der Waals surface area (Å²) in [6.07, 6.45) is 3.76. The second kappa shape index (κ2) is 8.99. The van der Waals surface area contributed by atoms with E-state index in [1.54, 1.807) is 30.3 Å². The fourth-order valence-corrected chi connectivity index (χ4v) is 4.75. The zero-order valence-corrected chi connectivity index (χ0v) is 20.4. The van der Waals surface area contributed by atoms with Crippen LogP contribution < -0.4 is 15.5 Å². The summed E-state index contributed by atoms with van der Waals surface area (Å²) in [5, 5.41) is 5.70. The average Bonchev–Trinajstić information content (AvgIpc) is 3.02. The lowest BCUT2D eigenvalue weighted by Gasteiger charge is -2.43. The number of anilines is 2. The van der Waals surface area contributed by atoms with Crippen molar-refractivity contribution in [1.29, 1.82) is 0 Å². The van der Waals surface area contributed by atoms with Crippen LogP contribution in [0.15, 0.2) is 54.2 Å². The molecule has 34 heavy (non-hydrogen) atoms. The number of likely N-dealkylation sites (N-methyl/N-ethyl adjacent to an activating group) is 1. The second-order valence-electron chi connectivity index (χ2n) is 8.91. The highest BCUT2D eigenvalue weighted by Gasteiger charge is 2.35. The molecule has 1 fully saturated rings. The van der Waals surface area contributed by atoms with Crippen LogP contribution in [0, 0.1) is 0 Å². The minimum absolute atomic E-state index is 0.0736. The second-order valence-corrected chi connectivity index (χ2v) is 9.32. The van der Waals surface area contributed by atoms with Crippen molar-refractivity contribution in [3.8, 4) is 0 Å². The highest BCUT2D eigenvalue weighted by Crippen LogP contribution is 2.41. The lowest BCUT2D eigenvalue weighted by Crippen LogP contribution is -2.44. The van der Waals surface area contributed by atoms with Crippen molar-refractivity contribution in [2.24, 2.45) is 0 Å². The molecular formula is C26H27ClN4O3. The fraction of sp³-hybridized carbons (Fsp3) is 0.269. The Morgan fingerprint density at radius 3 is 2.56 bits per heavy atom. The van der Waals surface area contributed by atoms with E-state index < -0.39 is 24.4 Å². The molecule has 2 N–H and O–H groups in total. The number of nitrogens with zero attached hydrogens (tertiary/aromatic N) is 2. The van der Waals surface area contributed by atoms with Crippen LogP contribution in [-0.4, -0.2) is 41.4 Å². The predicted octanol–water partition coefficient (Wildman–Crippen LogP) is 4.89. The number of allylic oxidation sites excluding steroid dienone is 1. The minimum Gasteiger partial charge on any atom is -0.363 e. The zero-order valence-electron chi connectivity index (χ0n) is 19.6. The highest BCUT2D eigenvalue weighted by molar-refractivity contribution is 6.32. The van der Waals surface area contributed by atoms with Crippen LogP contribution in [0.2, 0.25) is 5.02 Å². The standard InChI is InChI=1S/C26H27ClN4O3/c1-5-31-22-13-20(27)17(11-19(22)16(2)14-26(31,3)4)12-21-24(33)30(25(34)29-21)15-23(32)28-18-9-7-6-8-10-18/h6-14H,5,15H2,1-4H3,(H,28,32)(H,29,34)/b21-12+. The van der Waals surface area contributed by atoms with E-state index in [0.717, 1.165) is 28.3 Å². The Labute approximate surface area is 204 Å². The topological polar surface area (TPSA) is 81.8 Å². The maximum Gasteiger partial charge on any atom is 0.329 e. The quantitative estimate of drug-likeness (QED) is 0.473. The van der Waals surface area contributed by atoms with E-state index in [9.17, 15) is 14.4 Å². The van der Waals surface area contributed by atoms with Crippen LogP contribution in [-0.2, 0) is 9.59 Å². The molecule has 2 aliphatic heterocycles. The van der Waals surface area contributed by atoms with Crippen LogP contribution in [0.4, 0.5) is 16.2 Å². The number of hydrogen-bond donors (Lipinski definition) is 2. The molecule has 4 rings (SSSR count). The number of urea groups is 1. The maximum absolute atomic E-state index is 12.9. The minimum atomic E-state index is -0.650. The van der Waals surface area contributed by atoms with E-state index in [4.69, 9.17) is 11.6 Å². The van der Waals surface area contributed by atoms with E-state index in [-0.39, 0.29) is 11.2 Å². The molecule has 0 unspecified atom stereocenters. The van der Waals surface area contributed by atoms with Crippen LogP contribution in [0.5, 0.6) is 0 Å². The van der Waals surface area contributed by atoms with Crippen LogP contribution >= 0.6 is 11.6 Å². The van der Waals surface area contributed by atoms with Gasteiger partial charge in [-0.15, -0.1) is 0 Å². The molecule has 2 aliphatic rings. The third-order valence-electron chi connectivity index (χ3n) is 6.03. The Morgan fingerprint density at radius 2 is 1.88 bits per heavy atom. The van der Waals surface area contributed by atoms with Gasteiger partial charge >= 0.3 is 6.03 Å². The number of nitrogens with one attached hydrogen (secondary N) is 2. The van der Waals surface area contributed by atoms with Crippen LogP contribution in [0.25, 0.3) is 11.6 Å². The van der Waals surface area contributed by atoms with Gasteiger partial charge in [-0.25, -0.2) is 9.69 Å². The number of carbonyl (C=O) groups is 3. The van der Waals surface area contributed by atoms with Gasteiger partial charge in [0.15, 0.2) is 0 Å². The number of fused-ring (bicyclic) bond motifs is 1. The fourth-order valence-electron chi connectivity index (χ4n) is 4.54. The number of benzene rings is 2. The number of carbonyl (C=O) groups excluding carboxylic acids is 3. The monoisotopic (exact) mass is 478 g/mol. The molecule has 0 bridgehead atoms. The summed E-state index contributed by atoms with van der Waals surface area (Å²) in [5.74, 6) is -1.05. The van der Waals surface area contributed by atoms with Crippen molar-refractivity contribution in [1.82, 2.24) is 10.2 Å². The average molecular weight is 479 g/mol. The van der Waals surface area contributed by atoms with Crippen molar-refractivity contribution in [2.45, 2.75) is 33.2 Å². The summed E-state index contributed by atoms with van der Waals surface area (Å²) in [5.41, 5.74) is 4.29. The number of amides is 4. The molecule has 2 aromatic carbocycles. The summed E-state index contributed by atoms with van der Waals surface area (Å²) in [4.78, 5) is 40.8. The van der Waals surface area contributed by atoms with E-state index in [2.05, 4.69) is 42.4 Å². The lowest BCUT2D eigenvalue weighted by molar-refractivity contribution is -0.127. The Kier molecular flexibility index (Phi) is 6.23. The first kappa shape index (κ1) is 23.6. The zero-order chi connectivity index (χ0) is 24.6. The van der Waals surface area contributed by atoms with Crippen molar-refractivity contribution >= 4 is 52.5 Å². The van der Waals surface area contributed by atoms with Crippen molar-refractivity contribution in [2.75, 3.05) is 23.3 Å². The van der Waals surface area contributed by atoms with Gasteiger partial charge < -0.3 is 15.5 Å². The van der Waals surface area contributed by atoms with Crippen molar-refractivity contribution < 1.29 is 14.4 Å². The third-order valence-corrected chi connectivity index (χ3v) is 6.36. The highest BCUT2D eigenvalue weighted by atomic mass is 35.5. The Hall–Kier alpha value is -3.58. The molecule has 0 saturated carbocycles. The first-order valence-electron chi connectivity index (χ1n) is 11.1. The van der Waals surface area contributed by atoms with E-state index in [0.29, 0.717) is 16.3 Å². The smallest absolute Gasteiger partial charge is 0.329 e. The van der Waals surface area contributed by atoms with E-state index in [1.807, 2.05) is 25.1 Å². The summed E-state index contributed by atoms with van der Waals surface area (Å²) in [6.45, 7) is 8.88. The first-order chi connectivity index (χ1) is 16.1. The molecule has 0 radical (unpaired) electrons. The molecule has 0 atom stereocenters. The van der Waals surface area contributed by atoms with Gasteiger partial charge in [-0.3, -0.25) is 9.59 Å². The maximum atomic E-state index is 12.9. The van der Waals surface area contributed by atoms with E-state index in [1.165, 1.54) is 0 Å². The molecule has 176 valence electrons. The molecule has 4 amide bonds. The first-order valence-corrected chi connectivity index (χ1v) is 11.5. The van der Waals surface area contributed by atoms with Gasteiger partial charge in [0, 0.05) is 28.5 Å². The molecule has 8 heteroatoms. The molecule has 2 aromatic rings. The predicted molar refractivity (Wildman–Crippen MR) is 135 cm³/mol. The molecule has 0 aromatic heterocycles. The van der Waals surface area contributed by atoms with Crippen LogP contribution in [0.1, 0.15) is 38.8 Å². The van der Waals surface area contributed by atoms with Gasteiger partial charge in [0.1, 0.15) is 12.2 Å². The van der Waals surface area contributed by atoms with Gasteiger partial charge in [0.2, 0.25) is 5.91 Å². The molecular weight excluding hydrogens is 452 g/mol. The van der Waals surface area contributed by atoms with Gasteiger partial charge in [0.05, 0.1) is 5.54 Å². The normalized spacial score (nSPS) is 18.0. The third kappa shape index (κ3) is 4.43. The van der Waals surface area contributed by atoms with Crippen LogP contribution in [0.3, 0.4) is 0 Å². The molecule has 1 saturated heterocycles. The van der Waals surface area contributed by atoms with Crippen molar-refractivity contribution in [3.05, 3.63) is 70.4 Å². The van der Waals surface area contributed by atoms with Gasteiger partial charge in [0.25, 0.3) is 5.91 Å². The number of halogens is 1. The lowest BCUT2D eigenvalue weighted by atomic mass is 9.88.